The molecule has 1 rings (SSSR count). The van der Waals surface area contributed by atoms with Gasteiger partial charge < -0.3 is 15.4 Å². The number of hydrogen-bond donors (Lipinski definition) is 2. The molecule has 0 aromatic carbocycles. The van der Waals surface area contributed by atoms with Crippen LogP contribution >= 0.6 is 0 Å². The maximum atomic E-state index is 11.6. The Labute approximate surface area is 111 Å². The predicted molar refractivity (Wildman–Crippen MR) is 73.5 cm³/mol. The molecule has 2 atom stereocenters. The van der Waals surface area contributed by atoms with Crippen LogP contribution < -0.4 is 10.6 Å². The second kappa shape index (κ2) is 9.34. The van der Waals surface area contributed by atoms with Gasteiger partial charge in [-0.3, -0.25) is 4.79 Å². The van der Waals surface area contributed by atoms with Crippen LogP contribution in [0.1, 0.15) is 45.4 Å². The third-order valence-electron chi connectivity index (χ3n) is 3.76. The third kappa shape index (κ3) is 6.36. The van der Waals surface area contributed by atoms with Crippen LogP contribution in [0, 0.1) is 5.92 Å². The van der Waals surface area contributed by atoms with E-state index in [0.717, 1.165) is 12.3 Å². The number of methoxy groups -OCH3 is 1. The summed E-state index contributed by atoms with van der Waals surface area (Å²) < 4.78 is 4.94. The molecule has 2 N–H and O–H groups in total. The van der Waals surface area contributed by atoms with Crippen LogP contribution in [0.2, 0.25) is 0 Å². The minimum atomic E-state index is 0.102. The Morgan fingerprint density at radius 2 is 2.22 bits per heavy atom. The first kappa shape index (κ1) is 15.4. The van der Waals surface area contributed by atoms with Gasteiger partial charge in [-0.05, 0) is 25.2 Å². The highest BCUT2D eigenvalue weighted by Crippen LogP contribution is 2.26. The van der Waals surface area contributed by atoms with E-state index >= 15 is 0 Å². The zero-order valence-electron chi connectivity index (χ0n) is 11.8. The van der Waals surface area contributed by atoms with Crippen LogP contribution in [0.15, 0.2) is 0 Å². The lowest BCUT2D eigenvalue weighted by Crippen LogP contribution is -2.41. The molecule has 106 valence electrons. The largest absolute Gasteiger partial charge is 0.385 e. The van der Waals surface area contributed by atoms with Crippen molar-refractivity contribution in [2.45, 2.75) is 51.5 Å². The van der Waals surface area contributed by atoms with Gasteiger partial charge in [-0.25, -0.2) is 0 Å². The Morgan fingerprint density at radius 3 is 2.94 bits per heavy atom. The van der Waals surface area contributed by atoms with Gasteiger partial charge in [0.15, 0.2) is 0 Å². The molecule has 1 saturated carbocycles. The van der Waals surface area contributed by atoms with Crippen molar-refractivity contribution in [2.24, 2.45) is 5.92 Å². The van der Waals surface area contributed by atoms with Crippen LogP contribution in [-0.4, -0.2) is 38.8 Å². The van der Waals surface area contributed by atoms with E-state index in [-0.39, 0.29) is 5.91 Å². The first-order valence-electron chi connectivity index (χ1n) is 7.25. The molecule has 0 heterocycles. The van der Waals surface area contributed by atoms with E-state index in [0.29, 0.717) is 25.7 Å². The molecule has 1 aliphatic rings. The Bertz CT molecular complexity index is 234. The number of amides is 1. The van der Waals surface area contributed by atoms with Crippen molar-refractivity contribution in [2.75, 3.05) is 26.8 Å². The zero-order valence-corrected chi connectivity index (χ0v) is 11.8. The smallest absolute Gasteiger partial charge is 0.233 e. The minimum absolute atomic E-state index is 0.102. The summed E-state index contributed by atoms with van der Waals surface area (Å²) in [5.41, 5.74) is 0. The van der Waals surface area contributed by atoms with E-state index in [9.17, 15) is 4.79 Å². The topological polar surface area (TPSA) is 50.4 Å². The Kier molecular flexibility index (Phi) is 8.01. The van der Waals surface area contributed by atoms with Crippen molar-refractivity contribution in [1.29, 1.82) is 0 Å². The molecule has 0 saturated heterocycles. The molecule has 0 aromatic rings. The highest BCUT2D eigenvalue weighted by molar-refractivity contribution is 5.77. The molecule has 18 heavy (non-hydrogen) atoms. The molecular weight excluding hydrogens is 228 g/mol. The summed E-state index contributed by atoms with van der Waals surface area (Å²) in [4.78, 5) is 11.6. The standard InChI is InChI=1S/C14H28N2O2/c1-3-12-6-4-7-13(10-12)16-11-14(17)15-8-5-9-18-2/h12-13,16H,3-11H2,1-2H3,(H,15,17). The van der Waals surface area contributed by atoms with Gasteiger partial charge in [0.1, 0.15) is 0 Å². The number of nitrogens with one attached hydrogen (secondary N) is 2. The summed E-state index contributed by atoms with van der Waals surface area (Å²) in [6.45, 7) is 4.12. The molecule has 0 radical (unpaired) electrons. The number of hydrogen-bond acceptors (Lipinski definition) is 3. The average molecular weight is 256 g/mol. The fraction of sp³-hybridized carbons (Fsp3) is 0.929. The van der Waals surface area contributed by atoms with Gasteiger partial charge in [0.05, 0.1) is 6.54 Å². The van der Waals surface area contributed by atoms with Crippen molar-refractivity contribution in [1.82, 2.24) is 10.6 Å². The molecular formula is C14H28N2O2. The summed E-state index contributed by atoms with van der Waals surface area (Å²) in [5, 5.41) is 6.28. The van der Waals surface area contributed by atoms with Crippen molar-refractivity contribution in [3.63, 3.8) is 0 Å². The summed E-state index contributed by atoms with van der Waals surface area (Å²) in [5.74, 6) is 0.950. The lowest BCUT2D eigenvalue weighted by molar-refractivity contribution is -0.120. The Hall–Kier alpha value is -0.610. The van der Waals surface area contributed by atoms with E-state index < -0.39 is 0 Å². The molecule has 1 aliphatic carbocycles. The third-order valence-corrected chi connectivity index (χ3v) is 3.76. The van der Waals surface area contributed by atoms with Crippen LogP contribution in [-0.2, 0) is 9.53 Å². The van der Waals surface area contributed by atoms with Crippen LogP contribution in [0.4, 0.5) is 0 Å². The molecule has 0 aromatic heterocycles. The summed E-state index contributed by atoms with van der Waals surface area (Å²) >= 11 is 0. The number of ether oxygens (including phenoxy) is 1. The number of rotatable bonds is 8. The first-order chi connectivity index (χ1) is 8.76. The van der Waals surface area contributed by atoms with Crippen molar-refractivity contribution in [3.05, 3.63) is 0 Å². The molecule has 2 unspecified atom stereocenters. The number of carbonyl (C=O) groups is 1. The molecule has 0 spiro atoms. The van der Waals surface area contributed by atoms with E-state index in [4.69, 9.17) is 4.74 Å². The van der Waals surface area contributed by atoms with E-state index in [1.54, 1.807) is 7.11 Å². The molecule has 4 nitrogen and oxygen atoms in total. The molecule has 4 heteroatoms. The van der Waals surface area contributed by atoms with Gasteiger partial charge in [-0.1, -0.05) is 26.2 Å². The zero-order chi connectivity index (χ0) is 13.2. The Balaban J connectivity index is 2.06. The first-order valence-corrected chi connectivity index (χ1v) is 7.25. The van der Waals surface area contributed by atoms with Gasteiger partial charge in [0.2, 0.25) is 5.91 Å². The van der Waals surface area contributed by atoms with Gasteiger partial charge >= 0.3 is 0 Å². The lowest BCUT2D eigenvalue weighted by Gasteiger charge is -2.29. The summed E-state index contributed by atoms with van der Waals surface area (Å²) in [6.07, 6.45) is 7.25. The van der Waals surface area contributed by atoms with Gasteiger partial charge in [0.25, 0.3) is 0 Å². The Morgan fingerprint density at radius 1 is 1.39 bits per heavy atom. The molecule has 0 aliphatic heterocycles. The second-order valence-electron chi connectivity index (χ2n) is 5.22. The monoisotopic (exact) mass is 256 g/mol. The maximum absolute atomic E-state index is 11.6. The lowest BCUT2D eigenvalue weighted by atomic mass is 9.84. The van der Waals surface area contributed by atoms with E-state index in [2.05, 4.69) is 17.6 Å². The second-order valence-corrected chi connectivity index (χ2v) is 5.22. The number of carbonyl (C=O) groups excluding carboxylic acids is 1. The van der Waals surface area contributed by atoms with E-state index in [1.807, 2.05) is 0 Å². The van der Waals surface area contributed by atoms with Gasteiger partial charge in [0, 0.05) is 26.3 Å². The van der Waals surface area contributed by atoms with Crippen LogP contribution in [0.25, 0.3) is 0 Å². The highest BCUT2D eigenvalue weighted by atomic mass is 16.5. The summed E-state index contributed by atoms with van der Waals surface area (Å²) in [6, 6.07) is 0.536. The van der Waals surface area contributed by atoms with Gasteiger partial charge in [-0.15, -0.1) is 0 Å². The summed E-state index contributed by atoms with van der Waals surface area (Å²) in [7, 11) is 1.68. The normalized spacial score (nSPS) is 23.9. The predicted octanol–water partition coefficient (Wildman–Crippen LogP) is 1.70. The van der Waals surface area contributed by atoms with Crippen molar-refractivity contribution < 1.29 is 9.53 Å². The fourth-order valence-electron chi connectivity index (χ4n) is 2.59. The molecule has 1 fully saturated rings. The average Bonchev–Trinajstić information content (AvgIpc) is 2.41. The highest BCUT2D eigenvalue weighted by Gasteiger charge is 2.20. The van der Waals surface area contributed by atoms with Gasteiger partial charge in [-0.2, -0.15) is 0 Å². The van der Waals surface area contributed by atoms with Crippen LogP contribution in [0.3, 0.4) is 0 Å². The van der Waals surface area contributed by atoms with Crippen molar-refractivity contribution >= 4 is 5.91 Å². The van der Waals surface area contributed by atoms with Crippen LogP contribution in [0.5, 0.6) is 0 Å². The quantitative estimate of drug-likeness (QED) is 0.650. The SMILES string of the molecule is CCC1CCCC(NCC(=O)NCCCOC)C1. The van der Waals surface area contributed by atoms with E-state index in [1.165, 1.54) is 32.1 Å². The maximum Gasteiger partial charge on any atom is 0.233 e. The van der Waals surface area contributed by atoms with Crippen molar-refractivity contribution in [3.8, 4) is 0 Å². The fourth-order valence-corrected chi connectivity index (χ4v) is 2.59. The molecule has 0 bridgehead atoms. The minimum Gasteiger partial charge on any atom is -0.385 e. The molecule has 1 amide bonds.